The van der Waals surface area contributed by atoms with Crippen molar-refractivity contribution in [3.63, 3.8) is 0 Å². The van der Waals surface area contributed by atoms with Crippen molar-refractivity contribution in [3.05, 3.63) is 81.5 Å². The van der Waals surface area contributed by atoms with Crippen molar-refractivity contribution in [2.75, 3.05) is 5.32 Å². The van der Waals surface area contributed by atoms with Gasteiger partial charge >= 0.3 is 0 Å². The summed E-state index contributed by atoms with van der Waals surface area (Å²) in [5.41, 5.74) is 2.31. The standard InChI is InChI=1S/C19H11ClN4O4/c20-15-10-13(24(26)27)7-8-14(15)18(25)22-12-5-3-11(4-6-12)19-23-17-16(28-19)2-1-9-21-17/h1-10H,(H,22,25). The Kier molecular flexibility index (Phi) is 4.46. The van der Waals surface area contributed by atoms with Gasteiger partial charge in [0.15, 0.2) is 11.2 Å². The van der Waals surface area contributed by atoms with Crippen LogP contribution in [0.3, 0.4) is 0 Å². The number of hydrogen-bond acceptors (Lipinski definition) is 6. The van der Waals surface area contributed by atoms with Crippen LogP contribution in [0.2, 0.25) is 5.02 Å². The molecule has 0 atom stereocenters. The smallest absolute Gasteiger partial charge is 0.270 e. The number of amides is 1. The minimum atomic E-state index is -0.575. The number of nitrogens with zero attached hydrogens (tertiary/aromatic N) is 3. The Balaban J connectivity index is 1.53. The summed E-state index contributed by atoms with van der Waals surface area (Å²) in [5, 5.41) is 13.5. The van der Waals surface area contributed by atoms with Crippen LogP contribution in [0.15, 0.2) is 65.2 Å². The van der Waals surface area contributed by atoms with Crippen LogP contribution >= 0.6 is 11.6 Å². The first-order chi connectivity index (χ1) is 13.5. The SMILES string of the molecule is O=C(Nc1ccc(-c2nc3ncccc3o2)cc1)c1ccc([N+](=O)[O-])cc1Cl. The van der Waals surface area contributed by atoms with E-state index < -0.39 is 10.8 Å². The number of oxazole rings is 1. The maximum atomic E-state index is 12.4. The molecule has 0 aliphatic carbocycles. The maximum Gasteiger partial charge on any atom is 0.270 e. The highest BCUT2D eigenvalue weighted by molar-refractivity contribution is 6.34. The average molecular weight is 395 g/mol. The number of hydrogen-bond donors (Lipinski definition) is 1. The number of carbonyl (C=O) groups is 1. The topological polar surface area (TPSA) is 111 Å². The van der Waals surface area contributed by atoms with Crippen molar-refractivity contribution in [1.29, 1.82) is 0 Å². The van der Waals surface area contributed by atoms with Gasteiger partial charge in [-0.1, -0.05) is 11.6 Å². The van der Waals surface area contributed by atoms with Gasteiger partial charge in [0.25, 0.3) is 11.6 Å². The zero-order valence-electron chi connectivity index (χ0n) is 14.1. The van der Waals surface area contributed by atoms with E-state index in [0.29, 0.717) is 22.8 Å². The number of nitro groups is 1. The third-order valence-electron chi connectivity index (χ3n) is 3.96. The van der Waals surface area contributed by atoms with E-state index in [9.17, 15) is 14.9 Å². The molecule has 9 heteroatoms. The molecule has 0 saturated carbocycles. The highest BCUT2D eigenvalue weighted by atomic mass is 35.5. The number of rotatable bonds is 4. The van der Waals surface area contributed by atoms with Crippen LogP contribution in [0.5, 0.6) is 0 Å². The van der Waals surface area contributed by atoms with Gasteiger partial charge in [0.2, 0.25) is 5.89 Å². The van der Waals surface area contributed by atoms with Crippen LogP contribution < -0.4 is 5.32 Å². The molecule has 2 heterocycles. The number of non-ortho nitro benzene ring substituents is 1. The molecule has 2 aromatic heterocycles. The minimum Gasteiger partial charge on any atom is -0.434 e. The maximum absolute atomic E-state index is 12.4. The fourth-order valence-corrected chi connectivity index (χ4v) is 2.85. The molecule has 1 N–H and O–H groups in total. The second-order valence-corrected chi connectivity index (χ2v) is 6.20. The quantitative estimate of drug-likeness (QED) is 0.396. The third-order valence-corrected chi connectivity index (χ3v) is 4.28. The van der Waals surface area contributed by atoms with Crippen molar-refractivity contribution in [2.24, 2.45) is 0 Å². The van der Waals surface area contributed by atoms with E-state index in [-0.39, 0.29) is 16.3 Å². The van der Waals surface area contributed by atoms with Gasteiger partial charge in [0.1, 0.15) is 0 Å². The van der Waals surface area contributed by atoms with E-state index in [0.717, 1.165) is 11.6 Å². The van der Waals surface area contributed by atoms with Gasteiger partial charge in [-0.15, -0.1) is 0 Å². The molecule has 138 valence electrons. The normalized spacial score (nSPS) is 10.8. The summed E-state index contributed by atoms with van der Waals surface area (Å²) in [5.74, 6) is -0.0521. The summed E-state index contributed by atoms with van der Waals surface area (Å²) >= 11 is 5.99. The minimum absolute atomic E-state index is 0.00213. The Morgan fingerprint density at radius 3 is 2.61 bits per heavy atom. The average Bonchev–Trinajstić information content (AvgIpc) is 3.12. The summed E-state index contributed by atoms with van der Waals surface area (Å²) in [6.07, 6.45) is 1.64. The Morgan fingerprint density at radius 2 is 1.93 bits per heavy atom. The molecule has 0 fully saturated rings. The molecule has 0 aliphatic heterocycles. The zero-order chi connectivity index (χ0) is 19.7. The predicted molar refractivity (Wildman–Crippen MR) is 103 cm³/mol. The van der Waals surface area contributed by atoms with Crippen LogP contribution in [0, 0.1) is 10.1 Å². The lowest BCUT2D eigenvalue weighted by Crippen LogP contribution is -2.12. The van der Waals surface area contributed by atoms with E-state index in [1.807, 2.05) is 0 Å². The van der Waals surface area contributed by atoms with Gasteiger partial charge in [0.05, 0.1) is 15.5 Å². The second kappa shape index (κ2) is 7.09. The molecule has 0 aliphatic rings. The number of anilines is 1. The molecule has 0 spiro atoms. The lowest BCUT2D eigenvalue weighted by atomic mass is 10.1. The van der Waals surface area contributed by atoms with E-state index >= 15 is 0 Å². The van der Waals surface area contributed by atoms with Gasteiger partial charge in [-0.05, 0) is 42.5 Å². The van der Waals surface area contributed by atoms with Crippen molar-refractivity contribution >= 4 is 40.1 Å². The fraction of sp³-hybridized carbons (Fsp3) is 0. The molecule has 4 rings (SSSR count). The van der Waals surface area contributed by atoms with Gasteiger partial charge in [-0.25, -0.2) is 4.98 Å². The van der Waals surface area contributed by atoms with Crippen molar-refractivity contribution in [2.45, 2.75) is 0 Å². The van der Waals surface area contributed by atoms with Crippen LogP contribution in [-0.2, 0) is 0 Å². The molecule has 0 radical (unpaired) electrons. The number of aromatic nitrogens is 2. The summed E-state index contributed by atoms with van der Waals surface area (Å²) in [7, 11) is 0. The van der Waals surface area contributed by atoms with Gasteiger partial charge in [-0.3, -0.25) is 14.9 Å². The molecule has 8 nitrogen and oxygen atoms in total. The highest BCUT2D eigenvalue weighted by Gasteiger charge is 2.15. The van der Waals surface area contributed by atoms with E-state index in [4.69, 9.17) is 16.0 Å². The molecule has 0 bridgehead atoms. The predicted octanol–water partition coefficient (Wildman–Crippen LogP) is 4.70. The Morgan fingerprint density at radius 1 is 1.14 bits per heavy atom. The summed E-state index contributed by atoms with van der Waals surface area (Å²) in [4.78, 5) is 31.0. The lowest BCUT2D eigenvalue weighted by Gasteiger charge is -2.07. The number of fused-ring (bicyclic) bond motifs is 1. The molecular formula is C19H11ClN4O4. The highest BCUT2D eigenvalue weighted by Crippen LogP contribution is 2.26. The van der Waals surface area contributed by atoms with Crippen molar-refractivity contribution in [3.8, 4) is 11.5 Å². The van der Waals surface area contributed by atoms with Crippen LogP contribution in [0.1, 0.15) is 10.4 Å². The Hall–Kier alpha value is -3.78. The molecule has 2 aromatic carbocycles. The van der Waals surface area contributed by atoms with Gasteiger partial charge in [0, 0.05) is 29.6 Å². The molecule has 1 amide bonds. The van der Waals surface area contributed by atoms with Crippen molar-refractivity contribution in [1.82, 2.24) is 9.97 Å². The first-order valence-corrected chi connectivity index (χ1v) is 8.46. The lowest BCUT2D eigenvalue weighted by molar-refractivity contribution is -0.384. The van der Waals surface area contributed by atoms with E-state index in [1.165, 1.54) is 12.1 Å². The first-order valence-electron chi connectivity index (χ1n) is 8.08. The third kappa shape index (κ3) is 3.40. The number of nitrogens with one attached hydrogen (secondary N) is 1. The monoisotopic (exact) mass is 394 g/mol. The van der Waals surface area contributed by atoms with E-state index in [2.05, 4.69) is 15.3 Å². The summed E-state index contributed by atoms with van der Waals surface area (Å²) in [6, 6.07) is 14.1. The van der Waals surface area contributed by atoms with E-state index in [1.54, 1.807) is 42.6 Å². The fourth-order valence-electron chi connectivity index (χ4n) is 2.59. The van der Waals surface area contributed by atoms with Gasteiger partial charge in [-0.2, -0.15) is 4.98 Å². The number of carbonyl (C=O) groups excluding carboxylic acids is 1. The van der Waals surface area contributed by atoms with Crippen molar-refractivity contribution < 1.29 is 14.1 Å². The van der Waals surface area contributed by atoms with Crippen LogP contribution in [-0.4, -0.2) is 20.8 Å². The number of nitro benzene ring substituents is 1. The number of pyridine rings is 1. The Bertz CT molecular complexity index is 1170. The van der Waals surface area contributed by atoms with Crippen LogP contribution in [0.25, 0.3) is 22.7 Å². The largest absolute Gasteiger partial charge is 0.434 e. The first kappa shape index (κ1) is 17.6. The van der Waals surface area contributed by atoms with Gasteiger partial charge < -0.3 is 9.73 Å². The number of halogens is 1. The molecule has 28 heavy (non-hydrogen) atoms. The summed E-state index contributed by atoms with van der Waals surface area (Å²) < 4.78 is 5.66. The van der Waals surface area contributed by atoms with Crippen LogP contribution in [0.4, 0.5) is 11.4 Å². The molecular weight excluding hydrogens is 384 g/mol. The number of benzene rings is 2. The summed E-state index contributed by atoms with van der Waals surface area (Å²) in [6.45, 7) is 0. The molecule has 0 unspecified atom stereocenters. The molecule has 0 saturated heterocycles. The second-order valence-electron chi connectivity index (χ2n) is 5.80. The zero-order valence-corrected chi connectivity index (χ0v) is 14.9. The molecule has 4 aromatic rings. The Labute approximate surface area is 162 Å².